The van der Waals surface area contributed by atoms with E-state index in [4.69, 9.17) is 5.11 Å². The summed E-state index contributed by atoms with van der Waals surface area (Å²) in [5, 5.41) is 14.3. The van der Waals surface area contributed by atoms with Crippen LogP contribution in [-0.2, 0) is 9.53 Å². The van der Waals surface area contributed by atoms with Crippen molar-refractivity contribution in [1.29, 1.82) is 0 Å². The summed E-state index contributed by atoms with van der Waals surface area (Å²) in [4.78, 5) is 22.2. The molecule has 92 valence electrons. The second kappa shape index (κ2) is 6.64. The van der Waals surface area contributed by atoms with Gasteiger partial charge in [-0.15, -0.1) is 11.3 Å². The van der Waals surface area contributed by atoms with E-state index >= 15 is 0 Å². The zero-order chi connectivity index (χ0) is 12.7. The van der Waals surface area contributed by atoms with Gasteiger partial charge in [0.1, 0.15) is 0 Å². The number of hydrazone groups is 1. The van der Waals surface area contributed by atoms with Gasteiger partial charge in [0, 0.05) is 6.42 Å². The van der Waals surface area contributed by atoms with Gasteiger partial charge >= 0.3 is 12.1 Å². The van der Waals surface area contributed by atoms with Crippen LogP contribution in [-0.4, -0.2) is 30.0 Å². The number of ether oxygens (including phenoxy) is 1. The SMILES string of the molecule is COC(=O)N/N=C(/CCC(=O)O)c1cccs1. The van der Waals surface area contributed by atoms with Crippen LogP contribution >= 0.6 is 11.3 Å². The molecule has 0 fully saturated rings. The maximum atomic E-state index is 10.9. The monoisotopic (exact) mass is 256 g/mol. The van der Waals surface area contributed by atoms with E-state index in [1.165, 1.54) is 18.4 Å². The summed E-state index contributed by atoms with van der Waals surface area (Å²) in [6.45, 7) is 0. The maximum Gasteiger partial charge on any atom is 0.427 e. The van der Waals surface area contributed by atoms with Crippen LogP contribution in [0.15, 0.2) is 22.6 Å². The minimum Gasteiger partial charge on any atom is -0.481 e. The fourth-order valence-electron chi connectivity index (χ4n) is 1.06. The Kier molecular flexibility index (Phi) is 5.15. The Hall–Kier alpha value is -1.89. The molecule has 1 heterocycles. The molecule has 0 aliphatic heterocycles. The first-order chi connectivity index (χ1) is 8.13. The van der Waals surface area contributed by atoms with Gasteiger partial charge in [-0.1, -0.05) is 6.07 Å². The average molecular weight is 256 g/mol. The molecule has 2 N–H and O–H groups in total. The highest BCUT2D eigenvalue weighted by atomic mass is 32.1. The molecule has 0 spiro atoms. The van der Waals surface area contributed by atoms with Crippen molar-refractivity contribution in [3.8, 4) is 0 Å². The number of hydrogen-bond donors (Lipinski definition) is 2. The lowest BCUT2D eigenvalue weighted by Crippen LogP contribution is -2.19. The Morgan fingerprint density at radius 1 is 1.53 bits per heavy atom. The standard InChI is InChI=1S/C10H12N2O4S/c1-16-10(15)12-11-7(4-5-9(13)14)8-3-2-6-17-8/h2-3,6H,4-5H2,1H3,(H,12,15)(H,13,14)/b11-7-. The summed E-state index contributed by atoms with van der Waals surface area (Å²) in [5.74, 6) is -0.910. The van der Waals surface area contributed by atoms with Crippen molar-refractivity contribution in [2.75, 3.05) is 7.11 Å². The largest absolute Gasteiger partial charge is 0.481 e. The number of carboxylic acid groups (broad SMARTS) is 1. The molecule has 0 bridgehead atoms. The molecule has 0 aromatic carbocycles. The zero-order valence-corrected chi connectivity index (χ0v) is 9.99. The minimum absolute atomic E-state index is 0.0421. The predicted molar refractivity (Wildman–Crippen MR) is 63.3 cm³/mol. The Morgan fingerprint density at radius 3 is 2.82 bits per heavy atom. The molecule has 0 aliphatic rings. The first-order valence-electron chi connectivity index (χ1n) is 4.79. The topological polar surface area (TPSA) is 88.0 Å². The lowest BCUT2D eigenvalue weighted by Gasteiger charge is -2.03. The quantitative estimate of drug-likeness (QED) is 0.619. The molecule has 1 rings (SSSR count). The van der Waals surface area contributed by atoms with Gasteiger partial charge in [-0.25, -0.2) is 10.2 Å². The van der Waals surface area contributed by atoms with E-state index in [2.05, 4.69) is 15.3 Å². The molecule has 7 heteroatoms. The van der Waals surface area contributed by atoms with Gasteiger partial charge in [0.15, 0.2) is 0 Å². The lowest BCUT2D eigenvalue weighted by atomic mass is 10.2. The summed E-state index contributed by atoms with van der Waals surface area (Å²) in [5.41, 5.74) is 2.71. The van der Waals surface area contributed by atoms with E-state index in [1.54, 1.807) is 0 Å². The lowest BCUT2D eigenvalue weighted by molar-refractivity contribution is -0.136. The number of carboxylic acids is 1. The predicted octanol–water partition coefficient (Wildman–Crippen LogP) is 1.67. The third-order valence-electron chi connectivity index (χ3n) is 1.85. The van der Waals surface area contributed by atoms with Crippen molar-refractivity contribution in [1.82, 2.24) is 5.43 Å². The van der Waals surface area contributed by atoms with Crippen molar-refractivity contribution >= 4 is 29.1 Å². The van der Waals surface area contributed by atoms with Gasteiger partial charge in [-0.05, 0) is 11.4 Å². The molecule has 0 unspecified atom stereocenters. The van der Waals surface area contributed by atoms with Crippen molar-refractivity contribution in [2.45, 2.75) is 12.8 Å². The summed E-state index contributed by atoms with van der Waals surface area (Å²) < 4.78 is 4.37. The van der Waals surface area contributed by atoms with Crippen molar-refractivity contribution in [3.05, 3.63) is 22.4 Å². The van der Waals surface area contributed by atoms with Gasteiger partial charge in [-0.3, -0.25) is 4.79 Å². The number of thiophene rings is 1. The summed E-state index contributed by atoms with van der Waals surface area (Å²) in [7, 11) is 1.23. The van der Waals surface area contributed by atoms with Crippen molar-refractivity contribution in [3.63, 3.8) is 0 Å². The van der Waals surface area contributed by atoms with Crippen LogP contribution < -0.4 is 5.43 Å². The number of rotatable bonds is 5. The minimum atomic E-state index is -0.910. The highest BCUT2D eigenvalue weighted by Gasteiger charge is 2.08. The van der Waals surface area contributed by atoms with Crippen LogP contribution in [0.4, 0.5) is 4.79 Å². The Balaban J connectivity index is 2.72. The molecule has 0 radical (unpaired) electrons. The van der Waals surface area contributed by atoms with E-state index < -0.39 is 12.1 Å². The Bertz CT molecular complexity index is 414. The number of methoxy groups -OCH3 is 1. The highest BCUT2D eigenvalue weighted by molar-refractivity contribution is 7.12. The molecule has 1 aromatic rings. The van der Waals surface area contributed by atoms with Gasteiger partial charge in [-0.2, -0.15) is 5.10 Å². The van der Waals surface area contributed by atoms with Gasteiger partial charge < -0.3 is 9.84 Å². The first-order valence-corrected chi connectivity index (χ1v) is 5.67. The Morgan fingerprint density at radius 2 is 2.29 bits per heavy atom. The molecule has 0 aliphatic carbocycles. The van der Waals surface area contributed by atoms with Gasteiger partial charge in [0.2, 0.25) is 0 Å². The number of carbonyl (C=O) groups is 2. The third-order valence-corrected chi connectivity index (χ3v) is 2.77. The number of hydrogen-bond acceptors (Lipinski definition) is 5. The number of aliphatic carboxylic acids is 1. The van der Waals surface area contributed by atoms with E-state index in [1.807, 2.05) is 17.5 Å². The van der Waals surface area contributed by atoms with E-state index in [0.717, 1.165) is 4.88 Å². The fraction of sp³-hybridized carbons (Fsp3) is 0.300. The van der Waals surface area contributed by atoms with Crippen LogP contribution in [0.5, 0.6) is 0 Å². The summed E-state index contributed by atoms with van der Waals surface area (Å²) >= 11 is 1.43. The van der Waals surface area contributed by atoms with Crippen LogP contribution in [0.25, 0.3) is 0 Å². The number of nitrogens with zero attached hydrogens (tertiary/aromatic N) is 1. The molecular formula is C10H12N2O4S. The summed E-state index contributed by atoms with van der Waals surface area (Å²) in [6, 6.07) is 3.64. The van der Waals surface area contributed by atoms with E-state index in [0.29, 0.717) is 5.71 Å². The van der Waals surface area contributed by atoms with Crippen LogP contribution in [0, 0.1) is 0 Å². The molecule has 17 heavy (non-hydrogen) atoms. The molecule has 1 aromatic heterocycles. The summed E-state index contributed by atoms with van der Waals surface area (Å²) in [6.07, 6.45) is -0.478. The van der Waals surface area contributed by atoms with E-state index in [9.17, 15) is 9.59 Å². The Labute approximate surface area is 102 Å². The third kappa shape index (κ3) is 4.64. The number of amides is 1. The first kappa shape index (κ1) is 13.2. The average Bonchev–Trinajstić information content (AvgIpc) is 2.81. The molecule has 0 saturated carbocycles. The maximum absolute atomic E-state index is 10.9. The van der Waals surface area contributed by atoms with Crippen molar-refractivity contribution in [2.24, 2.45) is 5.10 Å². The molecule has 1 amide bonds. The molecule has 6 nitrogen and oxygen atoms in total. The van der Waals surface area contributed by atoms with Crippen molar-refractivity contribution < 1.29 is 19.4 Å². The highest BCUT2D eigenvalue weighted by Crippen LogP contribution is 2.13. The van der Waals surface area contributed by atoms with Gasteiger partial charge in [0.25, 0.3) is 0 Å². The smallest absolute Gasteiger partial charge is 0.427 e. The second-order valence-corrected chi connectivity index (χ2v) is 3.98. The van der Waals surface area contributed by atoms with Crippen LogP contribution in [0.1, 0.15) is 17.7 Å². The zero-order valence-electron chi connectivity index (χ0n) is 9.17. The number of carbonyl (C=O) groups excluding carboxylic acids is 1. The molecule has 0 saturated heterocycles. The van der Waals surface area contributed by atoms with E-state index in [-0.39, 0.29) is 12.8 Å². The van der Waals surface area contributed by atoms with Gasteiger partial charge in [0.05, 0.1) is 24.1 Å². The second-order valence-electron chi connectivity index (χ2n) is 3.03. The number of nitrogens with one attached hydrogen (secondary N) is 1. The van der Waals surface area contributed by atoms with Crippen LogP contribution in [0.3, 0.4) is 0 Å². The molecular weight excluding hydrogens is 244 g/mol. The normalized spacial score (nSPS) is 11.0. The molecule has 0 atom stereocenters. The fourth-order valence-corrected chi connectivity index (χ4v) is 1.81. The van der Waals surface area contributed by atoms with Crippen LogP contribution in [0.2, 0.25) is 0 Å².